The smallest absolute Gasteiger partial charge is 0.283 e. The van der Waals surface area contributed by atoms with Crippen LogP contribution in [0, 0.1) is 0 Å². The Balaban J connectivity index is 7.12. The molecule has 0 saturated heterocycles. The first kappa shape index (κ1) is 27.7. The fourth-order valence-electron chi connectivity index (χ4n) is 1.46. The van der Waals surface area contributed by atoms with E-state index in [4.69, 9.17) is 4.55 Å². The second-order valence-corrected chi connectivity index (χ2v) is 6.45. The molecule has 0 saturated carbocycles. The molecule has 3 nitrogen and oxygen atoms in total. The van der Waals surface area contributed by atoms with Gasteiger partial charge in [0.2, 0.25) is 0 Å². The average Bonchev–Trinajstić information content (AvgIpc) is 2.41. The van der Waals surface area contributed by atoms with Crippen LogP contribution in [0.3, 0.4) is 0 Å². The molecule has 29 heavy (non-hydrogen) atoms. The van der Waals surface area contributed by atoms with E-state index in [1.54, 1.807) is 0 Å². The highest BCUT2D eigenvalue weighted by Crippen LogP contribution is 2.64. The predicted octanol–water partition coefficient (Wildman–Crippen LogP) is 4.84. The molecule has 1 atom stereocenters. The van der Waals surface area contributed by atoms with Crippen LogP contribution in [0.1, 0.15) is 0 Å². The fraction of sp³-hybridized carbons (Fsp3) is 1.00. The molecule has 21 heteroatoms. The van der Waals surface area contributed by atoms with Gasteiger partial charge in [0, 0.05) is 0 Å². The van der Waals surface area contributed by atoms with Crippen molar-refractivity contribution in [3.63, 3.8) is 0 Å². The predicted molar refractivity (Wildman–Crippen MR) is 52.2 cm³/mol. The van der Waals surface area contributed by atoms with Gasteiger partial charge < -0.3 is 0 Å². The van der Waals surface area contributed by atoms with Gasteiger partial charge in [-0.3, -0.25) is 4.55 Å². The molecule has 0 aromatic heterocycles. The lowest BCUT2D eigenvalue weighted by atomic mass is 9.91. The molecule has 0 aromatic carbocycles. The topological polar surface area (TPSA) is 54.4 Å². The van der Waals surface area contributed by atoms with Gasteiger partial charge in [0.15, 0.2) is 0 Å². The van der Waals surface area contributed by atoms with Crippen LogP contribution in [-0.2, 0) is 10.1 Å². The third-order valence-electron chi connectivity index (χ3n) is 3.06. The lowest BCUT2D eigenvalue weighted by Crippen LogP contribution is -2.76. The van der Waals surface area contributed by atoms with Crippen molar-refractivity contribution in [2.75, 3.05) is 0 Å². The summed E-state index contributed by atoms with van der Waals surface area (Å²) in [6.07, 6.45) is -15.9. The Morgan fingerprint density at radius 2 is 0.655 bits per heavy atom. The number of hydrogen-bond acceptors (Lipinski definition) is 2. The van der Waals surface area contributed by atoms with Gasteiger partial charge in [0.1, 0.15) is 0 Å². The van der Waals surface area contributed by atoms with Crippen molar-refractivity contribution in [3.8, 4) is 0 Å². The molecule has 0 aliphatic rings. The van der Waals surface area contributed by atoms with Crippen molar-refractivity contribution in [2.45, 2.75) is 47.0 Å². The van der Waals surface area contributed by atoms with Crippen molar-refractivity contribution in [2.24, 2.45) is 0 Å². The molecule has 0 bridgehead atoms. The SMILES string of the molecule is O=S(=O)(O)[C@@](F)(C(F)(F)F)C(F)(F)C(F)(F)C(F)(F)C(F)(F)C(F)(F)C(F)(F)F. The summed E-state index contributed by atoms with van der Waals surface area (Å²) >= 11 is 0. The van der Waals surface area contributed by atoms with Crippen LogP contribution < -0.4 is 0 Å². The Kier molecular flexibility index (Phi) is 6.08. The lowest BCUT2D eigenvalue weighted by Gasteiger charge is -2.42. The molecule has 0 unspecified atom stereocenters. The summed E-state index contributed by atoms with van der Waals surface area (Å²) < 4.78 is 243. The zero-order valence-electron chi connectivity index (χ0n) is 12.1. The Morgan fingerprint density at radius 3 is 0.862 bits per heavy atom. The minimum Gasteiger partial charge on any atom is -0.283 e. The minimum atomic E-state index is -8.93. The van der Waals surface area contributed by atoms with Gasteiger partial charge in [-0.2, -0.15) is 78.7 Å². The zero-order valence-corrected chi connectivity index (χ0v) is 12.9. The maximum absolute atomic E-state index is 13.3. The van der Waals surface area contributed by atoms with Gasteiger partial charge in [-0.15, -0.1) is 0 Å². The molecule has 176 valence electrons. The summed E-state index contributed by atoms with van der Waals surface area (Å²) in [7, 11) is -8.34. The van der Waals surface area contributed by atoms with Crippen LogP contribution >= 0.6 is 0 Å². The Bertz CT molecular complexity index is 731. The normalized spacial score (nSPS) is 18.6. The summed E-state index contributed by atoms with van der Waals surface area (Å²) in [4.78, 5) is 0. The van der Waals surface area contributed by atoms with E-state index in [9.17, 15) is 83.1 Å². The van der Waals surface area contributed by atoms with Crippen LogP contribution in [0.4, 0.5) is 74.6 Å². The monoisotopic (exact) mass is 500 g/mol. The van der Waals surface area contributed by atoms with Gasteiger partial charge in [0.05, 0.1) is 0 Å². The number of hydrogen-bond donors (Lipinski definition) is 1. The zero-order chi connectivity index (χ0) is 24.5. The first-order chi connectivity index (χ1) is 12.0. The fourth-order valence-corrected chi connectivity index (χ4v) is 2.20. The summed E-state index contributed by atoms with van der Waals surface area (Å²) in [5.74, 6) is -43.6. The van der Waals surface area contributed by atoms with Crippen molar-refractivity contribution < 1.29 is 87.6 Å². The van der Waals surface area contributed by atoms with Crippen LogP contribution in [0.25, 0.3) is 0 Å². The molecule has 0 aliphatic carbocycles. The van der Waals surface area contributed by atoms with Gasteiger partial charge in [-0.1, -0.05) is 0 Å². The van der Waals surface area contributed by atoms with E-state index in [-0.39, 0.29) is 0 Å². The molecule has 0 heterocycles. The molecule has 0 fully saturated rings. The van der Waals surface area contributed by atoms with Crippen molar-refractivity contribution in [3.05, 3.63) is 0 Å². The Labute approximate surface area is 146 Å². The molecule has 0 rings (SSSR count). The Hall–Kier alpha value is -1.28. The summed E-state index contributed by atoms with van der Waals surface area (Å²) in [6.45, 7) is 0. The lowest BCUT2D eigenvalue weighted by molar-refractivity contribution is -0.450. The molecular weight excluding hydrogens is 499 g/mol. The highest BCUT2D eigenvalue weighted by molar-refractivity contribution is 7.87. The molecule has 0 amide bonds. The molecular formula is C8HF17O3S. The Morgan fingerprint density at radius 1 is 0.414 bits per heavy atom. The third kappa shape index (κ3) is 3.26. The molecule has 0 spiro atoms. The van der Waals surface area contributed by atoms with Crippen LogP contribution in [-0.4, -0.2) is 59.9 Å². The number of halogens is 17. The van der Waals surface area contributed by atoms with E-state index in [2.05, 4.69) is 0 Å². The average molecular weight is 500 g/mol. The first-order valence-electron chi connectivity index (χ1n) is 5.68. The van der Waals surface area contributed by atoms with Crippen LogP contribution in [0.2, 0.25) is 0 Å². The van der Waals surface area contributed by atoms with Gasteiger partial charge in [0.25, 0.3) is 0 Å². The maximum atomic E-state index is 13.3. The van der Waals surface area contributed by atoms with Crippen molar-refractivity contribution >= 4 is 10.1 Å². The molecule has 0 aromatic rings. The maximum Gasteiger partial charge on any atom is 0.460 e. The van der Waals surface area contributed by atoms with Gasteiger partial charge in [-0.25, -0.2) is 4.39 Å². The van der Waals surface area contributed by atoms with Gasteiger partial charge >= 0.3 is 57.1 Å². The molecule has 0 radical (unpaired) electrons. The molecule has 0 aliphatic heterocycles. The second kappa shape index (κ2) is 6.36. The summed E-state index contributed by atoms with van der Waals surface area (Å²) in [5, 5.41) is -8.26. The highest BCUT2D eigenvalue weighted by atomic mass is 32.2. The van der Waals surface area contributed by atoms with Crippen molar-refractivity contribution in [1.29, 1.82) is 0 Å². The van der Waals surface area contributed by atoms with Crippen LogP contribution in [0.15, 0.2) is 0 Å². The third-order valence-corrected chi connectivity index (χ3v) is 4.26. The van der Waals surface area contributed by atoms with E-state index in [0.29, 0.717) is 0 Å². The highest BCUT2D eigenvalue weighted by Gasteiger charge is 2.97. The van der Waals surface area contributed by atoms with Gasteiger partial charge in [-0.05, 0) is 0 Å². The summed E-state index contributed by atoms with van der Waals surface area (Å²) in [5.41, 5.74) is 0. The summed E-state index contributed by atoms with van der Waals surface area (Å²) in [6, 6.07) is 0. The van der Waals surface area contributed by atoms with Crippen LogP contribution in [0.5, 0.6) is 0 Å². The van der Waals surface area contributed by atoms with E-state index in [1.807, 2.05) is 0 Å². The van der Waals surface area contributed by atoms with E-state index in [1.165, 1.54) is 0 Å². The first-order valence-corrected chi connectivity index (χ1v) is 7.12. The van der Waals surface area contributed by atoms with E-state index < -0.39 is 57.1 Å². The quantitative estimate of drug-likeness (QED) is 0.420. The van der Waals surface area contributed by atoms with E-state index in [0.717, 1.165) is 0 Å². The largest absolute Gasteiger partial charge is 0.460 e. The molecule has 1 N–H and O–H groups in total. The second-order valence-electron chi connectivity index (χ2n) is 4.94. The number of alkyl halides is 17. The standard InChI is InChI=1S/C8HF17O3S/c9-1(10,3(13,14)5(17,18)7(20,21)22)2(11,12)4(15,16)6(19,8(23,24)25)29(26,27)28/h(H,26,27,28)/t6-/m1/s1. The number of rotatable bonds is 6. The van der Waals surface area contributed by atoms with Crippen molar-refractivity contribution in [1.82, 2.24) is 0 Å². The van der Waals surface area contributed by atoms with E-state index >= 15 is 0 Å². The minimum absolute atomic E-state index is 7.83.